The largest absolute Gasteiger partial charge is 0.482 e. The van der Waals surface area contributed by atoms with Crippen LogP contribution in [0.1, 0.15) is 18.5 Å². The first-order valence-electron chi connectivity index (χ1n) is 9.64. The maximum Gasteiger partial charge on any atom is 0.352 e. The monoisotopic (exact) mass is 479 g/mol. The van der Waals surface area contributed by atoms with Crippen LogP contribution in [0.15, 0.2) is 35.5 Å². The molecular weight excluding hydrogens is 458 g/mol. The predicted octanol–water partition coefficient (Wildman–Crippen LogP) is -0.548. The SMILES string of the molecule is CC(=O)OCC1=C(C(=O)O)N2C(=O)[C@@H](NC(=O)C(N)c3ccc(OCC(=O)O)cc3)[C@@H]2SC1. The van der Waals surface area contributed by atoms with Crippen molar-refractivity contribution in [2.24, 2.45) is 5.73 Å². The van der Waals surface area contributed by atoms with Crippen LogP contribution in [-0.2, 0) is 28.7 Å². The first-order chi connectivity index (χ1) is 15.6. The Bertz CT molecular complexity index is 1020. The third-order valence-corrected chi connectivity index (χ3v) is 6.22. The molecule has 5 N–H and O–H groups in total. The molecule has 0 radical (unpaired) electrons. The van der Waals surface area contributed by atoms with Gasteiger partial charge in [0.15, 0.2) is 6.61 Å². The Balaban J connectivity index is 1.65. The molecule has 2 aliphatic heterocycles. The molecule has 33 heavy (non-hydrogen) atoms. The topological polar surface area (TPSA) is 186 Å². The quantitative estimate of drug-likeness (QED) is 0.263. The van der Waals surface area contributed by atoms with Crippen molar-refractivity contribution < 1.29 is 43.7 Å². The molecule has 1 aromatic rings. The number of esters is 1. The van der Waals surface area contributed by atoms with E-state index in [4.69, 9.17) is 20.3 Å². The summed E-state index contributed by atoms with van der Waals surface area (Å²) >= 11 is 1.24. The van der Waals surface area contributed by atoms with E-state index in [-0.39, 0.29) is 23.8 Å². The predicted molar refractivity (Wildman–Crippen MR) is 113 cm³/mol. The molecule has 0 aromatic heterocycles. The van der Waals surface area contributed by atoms with Gasteiger partial charge < -0.3 is 30.7 Å². The number of thioether (sulfide) groups is 1. The van der Waals surface area contributed by atoms with E-state index in [1.807, 2.05) is 0 Å². The Morgan fingerprint density at radius 2 is 1.91 bits per heavy atom. The molecule has 0 saturated carbocycles. The highest BCUT2D eigenvalue weighted by atomic mass is 32.2. The molecule has 2 heterocycles. The number of β-lactam (4-membered cyclic amide) rings is 1. The summed E-state index contributed by atoms with van der Waals surface area (Å²) in [5, 5.41) is 20.1. The minimum Gasteiger partial charge on any atom is -0.482 e. The van der Waals surface area contributed by atoms with E-state index in [0.717, 1.165) is 4.90 Å². The van der Waals surface area contributed by atoms with Crippen LogP contribution in [0.4, 0.5) is 0 Å². The summed E-state index contributed by atoms with van der Waals surface area (Å²) in [5.74, 6) is -3.79. The number of benzene rings is 1. The molecule has 1 aromatic carbocycles. The van der Waals surface area contributed by atoms with E-state index in [0.29, 0.717) is 11.1 Å². The number of ether oxygens (including phenoxy) is 2. The van der Waals surface area contributed by atoms with Crippen LogP contribution < -0.4 is 15.8 Å². The minimum absolute atomic E-state index is 0.208. The van der Waals surface area contributed by atoms with E-state index < -0.39 is 53.8 Å². The van der Waals surface area contributed by atoms with Gasteiger partial charge in [-0.15, -0.1) is 11.8 Å². The second-order valence-electron chi connectivity index (χ2n) is 7.16. The van der Waals surface area contributed by atoms with Crippen LogP contribution >= 0.6 is 11.8 Å². The van der Waals surface area contributed by atoms with Crippen LogP contribution in [0.25, 0.3) is 0 Å². The van der Waals surface area contributed by atoms with Gasteiger partial charge in [-0.3, -0.25) is 19.3 Å². The van der Waals surface area contributed by atoms with E-state index in [9.17, 15) is 29.1 Å². The van der Waals surface area contributed by atoms with Gasteiger partial charge in [-0.1, -0.05) is 12.1 Å². The van der Waals surface area contributed by atoms with E-state index >= 15 is 0 Å². The zero-order valence-corrected chi connectivity index (χ0v) is 18.2. The Hall–Kier alpha value is -3.58. The fourth-order valence-corrected chi connectivity index (χ4v) is 4.62. The van der Waals surface area contributed by atoms with Crippen molar-refractivity contribution >= 4 is 41.5 Å². The summed E-state index contributed by atoms with van der Waals surface area (Å²) in [4.78, 5) is 59.7. The number of hydrogen-bond donors (Lipinski definition) is 4. The van der Waals surface area contributed by atoms with E-state index in [2.05, 4.69) is 5.32 Å². The summed E-state index contributed by atoms with van der Waals surface area (Å²) in [7, 11) is 0. The minimum atomic E-state index is -1.33. The van der Waals surface area contributed by atoms with Gasteiger partial charge in [0.05, 0.1) is 0 Å². The van der Waals surface area contributed by atoms with Gasteiger partial charge in [0.1, 0.15) is 35.5 Å². The number of amides is 2. The third-order valence-electron chi connectivity index (χ3n) is 4.88. The number of carbonyl (C=O) groups excluding carboxylic acids is 3. The van der Waals surface area contributed by atoms with Gasteiger partial charge in [0.25, 0.3) is 5.91 Å². The second kappa shape index (κ2) is 9.92. The van der Waals surface area contributed by atoms with E-state index in [1.54, 1.807) is 0 Å². The van der Waals surface area contributed by atoms with Gasteiger partial charge in [-0.25, -0.2) is 9.59 Å². The maximum atomic E-state index is 12.6. The lowest BCUT2D eigenvalue weighted by atomic mass is 10.0. The highest BCUT2D eigenvalue weighted by Gasteiger charge is 2.54. The molecule has 3 rings (SSSR count). The van der Waals surface area contributed by atoms with Gasteiger partial charge in [0.2, 0.25) is 5.91 Å². The number of nitrogens with one attached hydrogen (secondary N) is 1. The Morgan fingerprint density at radius 1 is 1.24 bits per heavy atom. The molecule has 0 aliphatic carbocycles. The van der Waals surface area contributed by atoms with Gasteiger partial charge >= 0.3 is 17.9 Å². The first-order valence-corrected chi connectivity index (χ1v) is 10.7. The molecule has 1 saturated heterocycles. The van der Waals surface area contributed by atoms with Crippen LogP contribution in [0.5, 0.6) is 5.75 Å². The fourth-order valence-electron chi connectivity index (χ4n) is 3.29. The van der Waals surface area contributed by atoms with E-state index in [1.165, 1.54) is 43.0 Å². The molecular formula is C20H21N3O9S. The van der Waals surface area contributed by atoms with Crippen molar-refractivity contribution in [1.82, 2.24) is 10.2 Å². The molecule has 2 amide bonds. The van der Waals surface area contributed by atoms with Crippen LogP contribution in [0, 0.1) is 0 Å². The molecule has 176 valence electrons. The average molecular weight is 479 g/mol. The number of carboxylic acid groups (broad SMARTS) is 2. The summed E-state index contributed by atoms with van der Waals surface area (Å²) in [6.45, 7) is 0.440. The number of fused-ring (bicyclic) bond motifs is 1. The Kier molecular flexibility index (Phi) is 7.23. The number of hydrogen-bond acceptors (Lipinski definition) is 9. The van der Waals surface area contributed by atoms with Crippen molar-refractivity contribution in [2.75, 3.05) is 19.0 Å². The van der Waals surface area contributed by atoms with Crippen LogP contribution in [0.3, 0.4) is 0 Å². The van der Waals surface area contributed by atoms with Crippen LogP contribution in [0.2, 0.25) is 0 Å². The molecule has 1 fully saturated rings. The summed E-state index contributed by atoms with van der Waals surface area (Å²) in [5.41, 5.74) is 6.43. The van der Waals surface area contributed by atoms with Crippen LogP contribution in [-0.4, -0.2) is 75.2 Å². The average Bonchev–Trinajstić information content (AvgIpc) is 2.78. The molecule has 1 unspecified atom stereocenters. The molecule has 0 bridgehead atoms. The Labute approximate surface area is 191 Å². The fraction of sp³-hybridized carbons (Fsp3) is 0.350. The second-order valence-corrected chi connectivity index (χ2v) is 8.27. The summed E-state index contributed by atoms with van der Waals surface area (Å²) < 4.78 is 9.90. The molecule has 12 nitrogen and oxygen atoms in total. The van der Waals surface area contributed by atoms with Gasteiger partial charge in [-0.2, -0.15) is 0 Å². The standard InChI is InChI=1S/C20H21N3O9S/c1-9(24)31-6-11-8-33-19-15(18(28)23(19)16(11)20(29)30)22-17(27)14(21)10-2-4-12(5-3-10)32-7-13(25)26/h2-5,14-15,19H,6-8,21H2,1H3,(H,22,27)(H,25,26)(H,29,30)/t14?,15-,19+/m1/s1. The third kappa shape index (κ3) is 5.26. The van der Waals surface area contributed by atoms with Gasteiger partial charge in [0, 0.05) is 18.2 Å². The Morgan fingerprint density at radius 3 is 2.48 bits per heavy atom. The molecule has 2 aliphatic rings. The number of aliphatic carboxylic acids is 2. The van der Waals surface area contributed by atoms with Crippen molar-refractivity contribution in [3.8, 4) is 5.75 Å². The lowest BCUT2D eigenvalue weighted by Crippen LogP contribution is -2.71. The van der Waals surface area contributed by atoms with Crippen molar-refractivity contribution in [3.05, 3.63) is 41.1 Å². The van der Waals surface area contributed by atoms with Crippen molar-refractivity contribution in [3.63, 3.8) is 0 Å². The zero-order valence-electron chi connectivity index (χ0n) is 17.3. The number of nitrogens with two attached hydrogens (primary N) is 1. The number of carbonyl (C=O) groups is 5. The van der Waals surface area contributed by atoms with Crippen molar-refractivity contribution in [2.45, 2.75) is 24.4 Å². The molecule has 13 heteroatoms. The number of nitrogens with zero attached hydrogens (tertiary/aromatic N) is 1. The zero-order chi connectivity index (χ0) is 24.3. The number of rotatable bonds is 9. The molecule has 3 atom stereocenters. The molecule has 0 spiro atoms. The van der Waals surface area contributed by atoms with Crippen molar-refractivity contribution in [1.29, 1.82) is 0 Å². The lowest BCUT2D eigenvalue weighted by molar-refractivity contribution is -0.151. The first kappa shape index (κ1) is 24.1. The highest BCUT2D eigenvalue weighted by Crippen LogP contribution is 2.40. The maximum absolute atomic E-state index is 12.6. The normalized spacial score (nSPS) is 20.3. The van der Waals surface area contributed by atoms with Gasteiger partial charge in [-0.05, 0) is 17.7 Å². The highest BCUT2D eigenvalue weighted by molar-refractivity contribution is 8.00. The number of carboxylic acids is 2. The summed E-state index contributed by atoms with van der Waals surface area (Å²) in [6, 6.07) is 3.84. The smallest absolute Gasteiger partial charge is 0.352 e. The summed E-state index contributed by atoms with van der Waals surface area (Å²) in [6.07, 6.45) is 0. The lowest BCUT2D eigenvalue weighted by Gasteiger charge is -2.49.